The summed E-state index contributed by atoms with van der Waals surface area (Å²) in [5.41, 5.74) is 7.55. The number of likely N-dealkylation sites (tertiary alicyclic amines) is 1. The molecular weight excluding hydrogens is 216 g/mol. The molecule has 0 radical (unpaired) electrons. The van der Waals surface area contributed by atoms with Gasteiger partial charge in [-0.05, 0) is 41.1 Å². The van der Waals surface area contributed by atoms with E-state index in [1.807, 2.05) is 0 Å². The van der Waals surface area contributed by atoms with Crippen molar-refractivity contribution in [1.29, 1.82) is 0 Å². The summed E-state index contributed by atoms with van der Waals surface area (Å²) in [6, 6.07) is 2.82. The van der Waals surface area contributed by atoms with Crippen molar-refractivity contribution in [1.82, 2.24) is 4.90 Å². The summed E-state index contributed by atoms with van der Waals surface area (Å²) < 4.78 is 0. The zero-order chi connectivity index (χ0) is 11.7. The Hall–Kier alpha value is -0.380. The van der Waals surface area contributed by atoms with Crippen LogP contribution in [0.5, 0.6) is 0 Å². The molecule has 2 heterocycles. The Balaban J connectivity index is 2.15. The lowest BCUT2D eigenvalue weighted by Crippen LogP contribution is -2.38. The molecular formula is C13H22N2S. The topological polar surface area (TPSA) is 29.3 Å². The zero-order valence-corrected chi connectivity index (χ0v) is 11.2. The highest BCUT2D eigenvalue weighted by Crippen LogP contribution is 2.33. The maximum atomic E-state index is 6.16. The van der Waals surface area contributed by atoms with Gasteiger partial charge < -0.3 is 5.73 Å². The van der Waals surface area contributed by atoms with E-state index in [-0.39, 0.29) is 6.04 Å². The lowest BCUT2D eigenvalue weighted by Gasteiger charge is -2.30. The maximum absolute atomic E-state index is 6.16. The summed E-state index contributed by atoms with van der Waals surface area (Å²) in [6.45, 7) is 9.18. The fourth-order valence-electron chi connectivity index (χ4n) is 2.69. The van der Waals surface area contributed by atoms with E-state index in [0.29, 0.717) is 6.04 Å². The van der Waals surface area contributed by atoms with Crippen LogP contribution in [0, 0.1) is 11.8 Å². The molecule has 0 saturated carbocycles. The smallest absolute Gasteiger partial charge is 0.0504 e. The molecule has 4 unspecified atom stereocenters. The van der Waals surface area contributed by atoms with E-state index in [0.717, 1.165) is 11.8 Å². The second-order valence-electron chi connectivity index (χ2n) is 5.27. The summed E-state index contributed by atoms with van der Waals surface area (Å²) >= 11 is 1.76. The largest absolute Gasteiger partial charge is 0.326 e. The molecule has 1 fully saturated rings. The van der Waals surface area contributed by atoms with Crippen LogP contribution in [0.15, 0.2) is 16.8 Å². The van der Waals surface area contributed by atoms with Crippen molar-refractivity contribution in [3.63, 3.8) is 0 Å². The first-order chi connectivity index (χ1) is 7.59. The molecule has 0 aromatic carbocycles. The average Bonchev–Trinajstić information content (AvgIpc) is 2.79. The fraction of sp³-hybridized carbons (Fsp3) is 0.692. The lowest BCUT2D eigenvalue weighted by atomic mass is 10.0. The van der Waals surface area contributed by atoms with Crippen molar-refractivity contribution in [2.45, 2.75) is 32.9 Å². The van der Waals surface area contributed by atoms with E-state index in [1.165, 1.54) is 18.7 Å². The first-order valence-electron chi connectivity index (χ1n) is 6.11. The third kappa shape index (κ3) is 2.31. The number of hydrogen-bond donors (Lipinski definition) is 1. The van der Waals surface area contributed by atoms with Gasteiger partial charge in [-0.1, -0.05) is 13.8 Å². The van der Waals surface area contributed by atoms with Gasteiger partial charge in [0, 0.05) is 19.1 Å². The second-order valence-corrected chi connectivity index (χ2v) is 6.05. The zero-order valence-electron chi connectivity index (χ0n) is 10.4. The molecule has 1 aliphatic rings. The van der Waals surface area contributed by atoms with E-state index in [2.05, 4.69) is 42.5 Å². The number of thiophene rings is 1. The van der Waals surface area contributed by atoms with Crippen LogP contribution in [-0.2, 0) is 0 Å². The molecule has 1 aliphatic heterocycles. The quantitative estimate of drug-likeness (QED) is 0.877. The van der Waals surface area contributed by atoms with Crippen molar-refractivity contribution >= 4 is 11.3 Å². The first kappa shape index (κ1) is 12.1. The van der Waals surface area contributed by atoms with Crippen LogP contribution in [0.1, 0.15) is 32.4 Å². The van der Waals surface area contributed by atoms with Gasteiger partial charge in [-0.3, -0.25) is 4.90 Å². The van der Waals surface area contributed by atoms with Crippen molar-refractivity contribution < 1.29 is 0 Å². The molecule has 0 amide bonds. The standard InChI is InChI=1S/C13H22N2S/c1-9-6-15(7-10(9)2)13(11(3)14)12-4-5-16-8-12/h4-5,8-11,13H,6-7,14H2,1-3H3. The molecule has 2 rings (SSSR count). The number of hydrogen-bond acceptors (Lipinski definition) is 3. The minimum atomic E-state index is 0.201. The van der Waals surface area contributed by atoms with Crippen LogP contribution in [0.4, 0.5) is 0 Å². The fourth-order valence-corrected chi connectivity index (χ4v) is 3.38. The highest BCUT2D eigenvalue weighted by molar-refractivity contribution is 7.07. The van der Waals surface area contributed by atoms with Gasteiger partial charge in [0.15, 0.2) is 0 Å². The summed E-state index contributed by atoms with van der Waals surface area (Å²) in [5.74, 6) is 1.58. The average molecular weight is 238 g/mol. The van der Waals surface area contributed by atoms with Gasteiger partial charge in [-0.25, -0.2) is 0 Å². The Labute approximate surface area is 102 Å². The van der Waals surface area contributed by atoms with Crippen molar-refractivity contribution in [2.75, 3.05) is 13.1 Å². The van der Waals surface area contributed by atoms with E-state index in [4.69, 9.17) is 5.73 Å². The highest BCUT2D eigenvalue weighted by Gasteiger charge is 2.33. The van der Waals surface area contributed by atoms with E-state index in [9.17, 15) is 0 Å². The second kappa shape index (κ2) is 4.86. The molecule has 1 saturated heterocycles. The van der Waals surface area contributed by atoms with Crippen LogP contribution < -0.4 is 5.73 Å². The van der Waals surface area contributed by atoms with Crippen molar-refractivity contribution in [3.8, 4) is 0 Å². The molecule has 2 nitrogen and oxygen atoms in total. The van der Waals surface area contributed by atoms with Gasteiger partial charge in [-0.2, -0.15) is 11.3 Å². The molecule has 0 spiro atoms. The molecule has 3 heteroatoms. The van der Waals surface area contributed by atoms with E-state index >= 15 is 0 Å². The van der Waals surface area contributed by atoms with Crippen LogP contribution in [-0.4, -0.2) is 24.0 Å². The van der Waals surface area contributed by atoms with Crippen LogP contribution in [0.25, 0.3) is 0 Å². The Morgan fingerprint density at radius 1 is 1.38 bits per heavy atom. The molecule has 1 aromatic heterocycles. The summed E-state index contributed by atoms with van der Waals surface area (Å²) in [7, 11) is 0. The highest BCUT2D eigenvalue weighted by atomic mass is 32.1. The first-order valence-corrected chi connectivity index (χ1v) is 7.05. The van der Waals surface area contributed by atoms with E-state index in [1.54, 1.807) is 11.3 Å². The van der Waals surface area contributed by atoms with Crippen LogP contribution in [0.2, 0.25) is 0 Å². The van der Waals surface area contributed by atoms with E-state index < -0.39 is 0 Å². The predicted molar refractivity (Wildman–Crippen MR) is 70.6 cm³/mol. The minimum absolute atomic E-state index is 0.201. The monoisotopic (exact) mass is 238 g/mol. The Morgan fingerprint density at radius 3 is 2.44 bits per heavy atom. The van der Waals surface area contributed by atoms with Gasteiger partial charge in [0.2, 0.25) is 0 Å². The predicted octanol–water partition coefficient (Wildman–Crippen LogP) is 2.72. The molecule has 1 aromatic rings. The number of nitrogens with two attached hydrogens (primary N) is 1. The molecule has 2 N–H and O–H groups in total. The molecule has 16 heavy (non-hydrogen) atoms. The SMILES string of the molecule is CC(N)C(c1ccsc1)N1CC(C)C(C)C1. The molecule has 0 aliphatic carbocycles. The number of rotatable bonds is 3. The van der Waals surface area contributed by atoms with Crippen molar-refractivity contribution in [2.24, 2.45) is 17.6 Å². The third-order valence-electron chi connectivity index (χ3n) is 3.79. The Morgan fingerprint density at radius 2 is 2.00 bits per heavy atom. The Kier molecular flexibility index (Phi) is 3.67. The summed E-state index contributed by atoms with van der Waals surface area (Å²) in [6.07, 6.45) is 0. The lowest BCUT2D eigenvalue weighted by molar-refractivity contribution is 0.210. The Bertz CT molecular complexity index is 311. The van der Waals surface area contributed by atoms with Crippen LogP contribution >= 0.6 is 11.3 Å². The maximum Gasteiger partial charge on any atom is 0.0504 e. The van der Waals surface area contributed by atoms with Gasteiger partial charge in [0.05, 0.1) is 6.04 Å². The van der Waals surface area contributed by atoms with Crippen LogP contribution in [0.3, 0.4) is 0 Å². The normalized spacial score (nSPS) is 30.5. The molecule has 0 bridgehead atoms. The summed E-state index contributed by atoms with van der Waals surface area (Å²) in [5, 5.41) is 4.38. The molecule has 90 valence electrons. The van der Waals surface area contributed by atoms with Gasteiger partial charge in [0.1, 0.15) is 0 Å². The van der Waals surface area contributed by atoms with Crippen molar-refractivity contribution in [3.05, 3.63) is 22.4 Å². The third-order valence-corrected chi connectivity index (χ3v) is 4.49. The van der Waals surface area contributed by atoms with Gasteiger partial charge >= 0.3 is 0 Å². The van der Waals surface area contributed by atoms with Gasteiger partial charge in [0.25, 0.3) is 0 Å². The molecule has 4 atom stereocenters. The summed E-state index contributed by atoms with van der Waals surface area (Å²) in [4.78, 5) is 2.56. The minimum Gasteiger partial charge on any atom is -0.326 e. The number of nitrogens with zero attached hydrogens (tertiary/aromatic N) is 1. The van der Waals surface area contributed by atoms with Gasteiger partial charge in [-0.15, -0.1) is 0 Å².